The molecule has 0 radical (unpaired) electrons. The number of piperidine rings is 1. The molecule has 1 aliphatic heterocycles. The number of aromatic nitrogens is 1. The lowest BCUT2D eigenvalue weighted by molar-refractivity contribution is 0.402. The Labute approximate surface area is 108 Å². The molecule has 2 atom stereocenters. The largest absolute Gasteiger partial charge is 0.368 e. The van der Waals surface area contributed by atoms with Crippen LogP contribution < -0.4 is 10.6 Å². The third kappa shape index (κ3) is 2.06. The Balaban J connectivity index is 2.03. The van der Waals surface area contributed by atoms with Crippen molar-refractivity contribution in [2.75, 3.05) is 18.0 Å². The number of fused-ring (bicyclic) bond motifs is 1. The van der Waals surface area contributed by atoms with Crippen molar-refractivity contribution in [3.05, 3.63) is 36.5 Å². The Morgan fingerprint density at radius 3 is 2.89 bits per heavy atom. The smallest absolute Gasteiger partial charge is 0.0935 e. The number of benzene rings is 1. The summed E-state index contributed by atoms with van der Waals surface area (Å²) < 4.78 is 0. The van der Waals surface area contributed by atoms with Crippen LogP contribution in [0.15, 0.2) is 36.5 Å². The number of rotatable bonds is 1. The topological polar surface area (TPSA) is 42.1 Å². The summed E-state index contributed by atoms with van der Waals surface area (Å²) in [5.74, 6) is 0.646. The van der Waals surface area contributed by atoms with Gasteiger partial charge in [0.05, 0.1) is 11.2 Å². The summed E-state index contributed by atoms with van der Waals surface area (Å²) in [6, 6.07) is 10.7. The fourth-order valence-electron chi connectivity index (χ4n) is 2.94. The molecule has 1 saturated heterocycles. The van der Waals surface area contributed by atoms with E-state index in [0.29, 0.717) is 5.92 Å². The van der Waals surface area contributed by atoms with E-state index in [-0.39, 0.29) is 6.04 Å². The second-order valence-electron chi connectivity index (χ2n) is 5.36. The van der Waals surface area contributed by atoms with E-state index in [9.17, 15) is 0 Å². The maximum absolute atomic E-state index is 6.13. The van der Waals surface area contributed by atoms with Crippen molar-refractivity contribution < 1.29 is 0 Å². The molecule has 94 valence electrons. The van der Waals surface area contributed by atoms with E-state index in [2.05, 4.69) is 41.1 Å². The standard InChI is InChI=1S/C15H19N3/c1-11-8-13(16)10-18(9-11)14-6-2-4-12-5-3-7-17-15(12)14/h2-7,11,13H,8-10,16H2,1H3/t11-,13+/m0/s1. The second-order valence-corrected chi connectivity index (χ2v) is 5.36. The van der Waals surface area contributed by atoms with Crippen LogP contribution in [0.4, 0.5) is 5.69 Å². The molecule has 2 N–H and O–H groups in total. The molecule has 0 unspecified atom stereocenters. The fraction of sp³-hybridized carbons (Fsp3) is 0.400. The van der Waals surface area contributed by atoms with Gasteiger partial charge < -0.3 is 10.6 Å². The fourth-order valence-corrected chi connectivity index (χ4v) is 2.94. The number of pyridine rings is 1. The normalized spacial score (nSPS) is 24.4. The number of nitrogens with zero attached hydrogens (tertiary/aromatic N) is 2. The lowest BCUT2D eigenvalue weighted by Crippen LogP contribution is -2.46. The highest BCUT2D eigenvalue weighted by Crippen LogP contribution is 2.28. The van der Waals surface area contributed by atoms with Crippen LogP contribution in [0, 0.1) is 5.92 Å². The Morgan fingerprint density at radius 2 is 2.06 bits per heavy atom. The van der Waals surface area contributed by atoms with Crippen LogP contribution >= 0.6 is 0 Å². The molecule has 3 nitrogen and oxygen atoms in total. The van der Waals surface area contributed by atoms with Gasteiger partial charge in [-0.2, -0.15) is 0 Å². The van der Waals surface area contributed by atoms with Gasteiger partial charge in [-0.1, -0.05) is 25.1 Å². The van der Waals surface area contributed by atoms with E-state index >= 15 is 0 Å². The van der Waals surface area contributed by atoms with Crippen LogP contribution in [0.2, 0.25) is 0 Å². The lowest BCUT2D eigenvalue weighted by atomic mass is 9.96. The summed E-state index contributed by atoms with van der Waals surface area (Å²) in [7, 11) is 0. The molecule has 0 bridgehead atoms. The molecule has 1 aromatic carbocycles. The zero-order valence-electron chi connectivity index (χ0n) is 10.7. The molecule has 0 aliphatic carbocycles. The average Bonchev–Trinajstić information content (AvgIpc) is 2.37. The zero-order valence-corrected chi connectivity index (χ0v) is 10.7. The van der Waals surface area contributed by atoms with Gasteiger partial charge in [0, 0.05) is 30.7 Å². The van der Waals surface area contributed by atoms with Crippen LogP contribution in [0.1, 0.15) is 13.3 Å². The minimum absolute atomic E-state index is 0.271. The van der Waals surface area contributed by atoms with Crippen molar-refractivity contribution in [2.45, 2.75) is 19.4 Å². The Morgan fingerprint density at radius 1 is 1.22 bits per heavy atom. The SMILES string of the molecule is C[C@H]1C[C@@H](N)CN(c2cccc3cccnc23)C1. The highest BCUT2D eigenvalue weighted by molar-refractivity contribution is 5.90. The Kier molecular flexibility index (Phi) is 2.92. The molecular weight excluding hydrogens is 222 g/mol. The van der Waals surface area contributed by atoms with Crippen LogP contribution in [0.5, 0.6) is 0 Å². The van der Waals surface area contributed by atoms with Gasteiger partial charge in [0.2, 0.25) is 0 Å². The summed E-state index contributed by atoms with van der Waals surface area (Å²) >= 11 is 0. The number of para-hydroxylation sites is 1. The highest BCUT2D eigenvalue weighted by atomic mass is 15.2. The van der Waals surface area contributed by atoms with Gasteiger partial charge in [-0.25, -0.2) is 0 Å². The van der Waals surface area contributed by atoms with Gasteiger partial charge in [0.25, 0.3) is 0 Å². The van der Waals surface area contributed by atoms with Crippen LogP contribution in [0.3, 0.4) is 0 Å². The number of hydrogen-bond acceptors (Lipinski definition) is 3. The van der Waals surface area contributed by atoms with Gasteiger partial charge in [-0.15, -0.1) is 0 Å². The summed E-state index contributed by atoms with van der Waals surface area (Å²) in [5.41, 5.74) is 8.44. The molecule has 18 heavy (non-hydrogen) atoms. The minimum Gasteiger partial charge on any atom is -0.368 e. The van der Waals surface area contributed by atoms with Gasteiger partial charge in [-0.3, -0.25) is 4.98 Å². The molecule has 1 fully saturated rings. The molecule has 2 heterocycles. The van der Waals surface area contributed by atoms with Crippen LogP contribution in [-0.2, 0) is 0 Å². The maximum atomic E-state index is 6.13. The van der Waals surface area contributed by atoms with Crippen molar-refractivity contribution >= 4 is 16.6 Å². The predicted molar refractivity (Wildman–Crippen MR) is 75.7 cm³/mol. The number of anilines is 1. The van der Waals surface area contributed by atoms with Crippen molar-refractivity contribution in [3.63, 3.8) is 0 Å². The molecule has 3 heteroatoms. The lowest BCUT2D eigenvalue weighted by Gasteiger charge is -2.36. The molecule has 3 rings (SSSR count). The molecule has 1 aliphatic rings. The third-order valence-electron chi connectivity index (χ3n) is 3.64. The number of nitrogens with two attached hydrogens (primary N) is 1. The zero-order chi connectivity index (χ0) is 12.5. The molecule has 1 aromatic heterocycles. The van der Waals surface area contributed by atoms with E-state index in [0.717, 1.165) is 25.0 Å². The Hall–Kier alpha value is -1.61. The first kappa shape index (κ1) is 11.5. The molecule has 0 saturated carbocycles. The van der Waals surface area contributed by atoms with E-state index in [4.69, 9.17) is 5.73 Å². The second kappa shape index (κ2) is 4.58. The molecule has 2 aromatic rings. The highest BCUT2D eigenvalue weighted by Gasteiger charge is 2.23. The molecule has 0 amide bonds. The number of hydrogen-bond donors (Lipinski definition) is 1. The monoisotopic (exact) mass is 241 g/mol. The Bertz CT molecular complexity index is 537. The van der Waals surface area contributed by atoms with Crippen LogP contribution in [0.25, 0.3) is 10.9 Å². The average molecular weight is 241 g/mol. The van der Waals surface area contributed by atoms with Gasteiger partial charge in [-0.05, 0) is 24.5 Å². The third-order valence-corrected chi connectivity index (χ3v) is 3.64. The molecule has 0 spiro atoms. The quantitative estimate of drug-likeness (QED) is 0.833. The van der Waals surface area contributed by atoms with Crippen molar-refractivity contribution in [3.8, 4) is 0 Å². The first-order valence-electron chi connectivity index (χ1n) is 6.58. The van der Waals surface area contributed by atoms with Gasteiger partial charge in [0.15, 0.2) is 0 Å². The van der Waals surface area contributed by atoms with E-state index in [1.807, 2.05) is 12.3 Å². The van der Waals surface area contributed by atoms with E-state index in [1.54, 1.807) is 0 Å². The van der Waals surface area contributed by atoms with Crippen molar-refractivity contribution in [2.24, 2.45) is 11.7 Å². The minimum atomic E-state index is 0.271. The predicted octanol–water partition coefficient (Wildman–Crippen LogP) is 2.41. The summed E-state index contributed by atoms with van der Waals surface area (Å²) in [4.78, 5) is 6.91. The van der Waals surface area contributed by atoms with E-state index < -0.39 is 0 Å². The first-order valence-corrected chi connectivity index (χ1v) is 6.58. The summed E-state index contributed by atoms with van der Waals surface area (Å²) in [6.07, 6.45) is 2.98. The summed E-state index contributed by atoms with van der Waals surface area (Å²) in [5, 5.41) is 1.20. The van der Waals surface area contributed by atoms with Gasteiger partial charge in [0.1, 0.15) is 0 Å². The van der Waals surface area contributed by atoms with Gasteiger partial charge >= 0.3 is 0 Å². The summed E-state index contributed by atoms with van der Waals surface area (Å²) in [6.45, 7) is 4.27. The van der Waals surface area contributed by atoms with E-state index in [1.165, 1.54) is 11.1 Å². The first-order chi connectivity index (χ1) is 8.74. The maximum Gasteiger partial charge on any atom is 0.0935 e. The van der Waals surface area contributed by atoms with Crippen molar-refractivity contribution in [1.29, 1.82) is 0 Å². The van der Waals surface area contributed by atoms with Crippen LogP contribution in [-0.4, -0.2) is 24.1 Å². The van der Waals surface area contributed by atoms with Crippen molar-refractivity contribution in [1.82, 2.24) is 4.98 Å². The molecular formula is C15H19N3.